The van der Waals surface area contributed by atoms with Gasteiger partial charge in [-0.25, -0.2) is 4.79 Å². The van der Waals surface area contributed by atoms with Crippen LogP contribution in [0.4, 0.5) is 10.5 Å². The SMILES string of the molecule is CC(C)COc1cccc(NC(=O)NC2CCC(O)CC2)c1. The Morgan fingerprint density at radius 3 is 2.73 bits per heavy atom. The predicted molar refractivity (Wildman–Crippen MR) is 87.2 cm³/mol. The number of rotatable bonds is 5. The lowest BCUT2D eigenvalue weighted by atomic mass is 9.93. The average molecular weight is 306 g/mol. The second-order valence-electron chi connectivity index (χ2n) is 6.34. The summed E-state index contributed by atoms with van der Waals surface area (Å²) in [6, 6.07) is 7.35. The van der Waals surface area contributed by atoms with Crippen LogP contribution in [0.25, 0.3) is 0 Å². The number of aliphatic hydroxyl groups excluding tert-OH is 1. The Kier molecular flexibility index (Phi) is 6.07. The van der Waals surface area contributed by atoms with Crippen molar-refractivity contribution < 1.29 is 14.6 Å². The fourth-order valence-electron chi connectivity index (χ4n) is 2.50. The minimum atomic E-state index is -0.212. The van der Waals surface area contributed by atoms with E-state index in [-0.39, 0.29) is 18.2 Å². The first-order valence-electron chi connectivity index (χ1n) is 8.01. The van der Waals surface area contributed by atoms with Gasteiger partial charge in [0.1, 0.15) is 5.75 Å². The first kappa shape index (κ1) is 16.6. The number of nitrogens with one attached hydrogen (secondary N) is 2. The van der Waals surface area contributed by atoms with Gasteiger partial charge in [-0.05, 0) is 43.7 Å². The highest BCUT2D eigenvalue weighted by Crippen LogP contribution is 2.20. The summed E-state index contributed by atoms with van der Waals surface area (Å²) in [5.74, 6) is 1.22. The van der Waals surface area contributed by atoms with Crippen molar-refractivity contribution in [1.29, 1.82) is 0 Å². The number of aliphatic hydroxyl groups is 1. The largest absolute Gasteiger partial charge is 0.493 e. The molecule has 3 N–H and O–H groups in total. The molecule has 0 aliphatic heterocycles. The van der Waals surface area contributed by atoms with Crippen LogP contribution in [-0.2, 0) is 0 Å². The molecule has 0 unspecified atom stereocenters. The molecule has 1 saturated carbocycles. The zero-order chi connectivity index (χ0) is 15.9. The van der Waals surface area contributed by atoms with Gasteiger partial charge in [0.05, 0.1) is 12.7 Å². The first-order chi connectivity index (χ1) is 10.5. The van der Waals surface area contributed by atoms with Crippen LogP contribution in [0.15, 0.2) is 24.3 Å². The van der Waals surface area contributed by atoms with Gasteiger partial charge in [0.15, 0.2) is 0 Å². The number of urea groups is 1. The zero-order valence-corrected chi connectivity index (χ0v) is 13.3. The molecule has 2 rings (SSSR count). The van der Waals surface area contributed by atoms with Gasteiger partial charge in [-0.1, -0.05) is 19.9 Å². The standard InChI is InChI=1S/C17H26N2O3/c1-12(2)11-22-16-5-3-4-14(10-16)19-17(21)18-13-6-8-15(20)9-7-13/h3-5,10,12-13,15,20H,6-9,11H2,1-2H3,(H2,18,19,21). The molecule has 0 radical (unpaired) electrons. The minimum absolute atomic E-state index is 0.142. The summed E-state index contributed by atoms with van der Waals surface area (Å²) in [5, 5.41) is 15.3. The molecular formula is C17H26N2O3. The van der Waals surface area contributed by atoms with E-state index in [0.29, 0.717) is 12.5 Å². The van der Waals surface area contributed by atoms with Crippen LogP contribution in [0, 0.1) is 5.92 Å². The quantitative estimate of drug-likeness (QED) is 0.782. The molecule has 22 heavy (non-hydrogen) atoms. The van der Waals surface area contributed by atoms with E-state index in [2.05, 4.69) is 24.5 Å². The Labute approximate surface area is 132 Å². The highest BCUT2D eigenvalue weighted by atomic mass is 16.5. The van der Waals surface area contributed by atoms with Crippen molar-refractivity contribution >= 4 is 11.7 Å². The van der Waals surface area contributed by atoms with Gasteiger partial charge in [0.2, 0.25) is 0 Å². The molecule has 1 aliphatic carbocycles. The zero-order valence-electron chi connectivity index (χ0n) is 13.3. The molecule has 0 spiro atoms. The third kappa shape index (κ3) is 5.56. The number of carbonyl (C=O) groups is 1. The van der Waals surface area contributed by atoms with Crippen molar-refractivity contribution in [3.05, 3.63) is 24.3 Å². The summed E-state index contributed by atoms with van der Waals surface area (Å²) in [4.78, 5) is 12.0. The van der Waals surface area contributed by atoms with Gasteiger partial charge in [0, 0.05) is 17.8 Å². The van der Waals surface area contributed by atoms with Gasteiger partial charge >= 0.3 is 6.03 Å². The van der Waals surface area contributed by atoms with Gasteiger partial charge < -0.3 is 20.5 Å². The van der Waals surface area contributed by atoms with Crippen LogP contribution in [-0.4, -0.2) is 29.9 Å². The first-order valence-corrected chi connectivity index (χ1v) is 8.01. The summed E-state index contributed by atoms with van der Waals surface area (Å²) < 4.78 is 5.65. The fourth-order valence-corrected chi connectivity index (χ4v) is 2.50. The molecule has 1 fully saturated rings. The number of benzene rings is 1. The van der Waals surface area contributed by atoms with E-state index in [1.807, 2.05) is 24.3 Å². The molecule has 0 aromatic heterocycles. The molecular weight excluding hydrogens is 280 g/mol. The molecule has 122 valence electrons. The van der Waals surface area contributed by atoms with E-state index < -0.39 is 0 Å². The van der Waals surface area contributed by atoms with E-state index in [4.69, 9.17) is 4.74 Å². The summed E-state index contributed by atoms with van der Waals surface area (Å²) in [6.07, 6.45) is 2.95. The predicted octanol–water partition coefficient (Wildman–Crippen LogP) is 3.15. The second kappa shape index (κ2) is 8.03. The van der Waals surface area contributed by atoms with Crippen LogP contribution in [0.2, 0.25) is 0 Å². The molecule has 1 aromatic carbocycles. The van der Waals surface area contributed by atoms with E-state index in [1.165, 1.54) is 0 Å². The molecule has 5 heteroatoms. The molecule has 0 heterocycles. The number of hydrogen-bond donors (Lipinski definition) is 3. The third-order valence-corrected chi connectivity index (χ3v) is 3.71. The Morgan fingerprint density at radius 2 is 2.05 bits per heavy atom. The molecule has 1 aromatic rings. The topological polar surface area (TPSA) is 70.6 Å². The molecule has 0 atom stereocenters. The highest BCUT2D eigenvalue weighted by Gasteiger charge is 2.20. The lowest BCUT2D eigenvalue weighted by molar-refractivity contribution is 0.118. The van der Waals surface area contributed by atoms with E-state index in [0.717, 1.165) is 37.1 Å². The summed E-state index contributed by atoms with van der Waals surface area (Å²) in [6.45, 7) is 4.84. The van der Waals surface area contributed by atoms with Crippen molar-refractivity contribution in [1.82, 2.24) is 5.32 Å². The number of hydrogen-bond acceptors (Lipinski definition) is 3. The fraction of sp³-hybridized carbons (Fsp3) is 0.588. The van der Waals surface area contributed by atoms with Crippen molar-refractivity contribution in [2.75, 3.05) is 11.9 Å². The van der Waals surface area contributed by atoms with Gasteiger partial charge in [0.25, 0.3) is 0 Å². The summed E-state index contributed by atoms with van der Waals surface area (Å²) in [5.41, 5.74) is 0.717. The lowest BCUT2D eigenvalue weighted by Crippen LogP contribution is -2.40. The maximum absolute atomic E-state index is 12.0. The number of carbonyl (C=O) groups excluding carboxylic acids is 1. The Bertz CT molecular complexity index is 483. The van der Waals surface area contributed by atoms with Crippen molar-refractivity contribution in [2.45, 2.75) is 51.7 Å². The van der Waals surface area contributed by atoms with Crippen LogP contribution < -0.4 is 15.4 Å². The van der Waals surface area contributed by atoms with E-state index in [9.17, 15) is 9.90 Å². The summed E-state index contributed by atoms with van der Waals surface area (Å²) >= 11 is 0. The monoisotopic (exact) mass is 306 g/mol. The maximum Gasteiger partial charge on any atom is 0.319 e. The Hall–Kier alpha value is -1.75. The van der Waals surface area contributed by atoms with Crippen molar-refractivity contribution in [3.8, 4) is 5.75 Å². The van der Waals surface area contributed by atoms with Crippen molar-refractivity contribution in [2.24, 2.45) is 5.92 Å². The number of amides is 2. The normalized spacial score (nSPS) is 21.5. The van der Waals surface area contributed by atoms with E-state index >= 15 is 0 Å². The molecule has 1 aliphatic rings. The number of anilines is 1. The van der Waals surface area contributed by atoms with Gasteiger partial charge in [-0.3, -0.25) is 0 Å². The van der Waals surface area contributed by atoms with Crippen LogP contribution in [0.5, 0.6) is 5.75 Å². The Balaban J connectivity index is 1.82. The maximum atomic E-state index is 12.0. The average Bonchev–Trinajstić information content (AvgIpc) is 2.48. The number of ether oxygens (including phenoxy) is 1. The van der Waals surface area contributed by atoms with E-state index in [1.54, 1.807) is 0 Å². The minimum Gasteiger partial charge on any atom is -0.493 e. The summed E-state index contributed by atoms with van der Waals surface area (Å²) in [7, 11) is 0. The van der Waals surface area contributed by atoms with Crippen LogP contribution in [0.1, 0.15) is 39.5 Å². The third-order valence-electron chi connectivity index (χ3n) is 3.71. The van der Waals surface area contributed by atoms with Gasteiger partial charge in [-0.2, -0.15) is 0 Å². The van der Waals surface area contributed by atoms with Crippen molar-refractivity contribution in [3.63, 3.8) is 0 Å². The second-order valence-corrected chi connectivity index (χ2v) is 6.34. The molecule has 0 bridgehead atoms. The lowest BCUT2D eigenvalue weighted by Gasteiger charge is -2.26. The molecule has 5 nitrogen and oxygen atoms in total. The Morgan fingerprint density at radius 1 is 1.32 bits per heavy atom. The highest BCUT2D eigenvalue weighted by molar-refractivity contribution is 5.89. The molecule has 0 saturated heterocycles. The van der Waals surface area contributed by atoms with Gasteiger partial charge in [-0.15, -0.1) is 0 Å². The van der Waals surface area contributed by atoms with Crippen LogP contribution in [0.3, 0.4) is 0 Å². The molecule has 2 amide bonds. The smallest absolute Gasteiger partial charge is 0.319 e. The van der Waals surface area contributed by atoms with Crippen LogP contribution >= 0.6 is 0 Å².